The number of aromatic nitrogens is 1. The van der Waals surface area contributed by atoms with E-state index < -0.39 is 0 Å². The van der Waals surface area contributed by atoms with Crippen LogP contribution in [0.4, 0.5) is 11.4 Å². The average molecular weight is 456 g/mol. The lowest BCUT2D eigenvalue weighted by atomic mass is 9.78. The van der Waals surface area contributed by atoms with Crippen LogP contribution in [-0.4, -0.2) is 14.8 Å². The summed E-state index contributed by atoms with van der Waals surface area (Å²) in [4.78, 5) is 0. The molecule has 1 heterocycles. The van der Waals surface area contributed by atoms with Crippen molar-refractivity contribution in [2.75, 3.05) is 0 Å². The largest absolute Gasteiger partial charge is 0.507 e. The van der Waals surface area contributed by atoms with E-state index in [-0.39, 0.29) is 16.7 Å². The summed E-state index contributed by atoms with van der Waals surface area (Å²) in [7, 11) is 0. The molecule has 0 radical (unpaired) electrons. The van der Waals surface area contributed by atoms with Gasteiger partial charge in [0.15, 0.2) is 5.69 Å². The smallest absolute Gasteiger partial charge is 0.221 e. The fraction of sp³-hybridized carbons (Fsp3) is 0.310. The van der Waals surface area contributed by atoms with Crippen LogP contribution in [0, 0.1) is 0 Å². The Bertz CT molecular complexity index is 1320. The minimum Gasteiger partial charge on any atom is -0.507 e. The van der Waals surface area contributed by atoms with Crippen LogP contribution in [0.3, 0.4) is 0 Å². The van der Waals surface area contributed by atoms with Crippen LogP contribution in [0.15, 0.2) is 77.0 Å². The zero-order valence-electron chi connectivity index (χ0n) is 20.8. The van der Waals surface area contributed by atoms with Crippen molar-refractivity contribution in [1.82, 2.24) is 4.57 Å². The van der Waals surface area contributed by atoms with Crippen LogP contribution in [0.5, 0.6) is 11.6 Å². The number of para-hydroxylation sites is 1. The molecule has 0 aliphatic rings. The molecule has 4 aromatic rings. The van der Waals surface area contributed by atoms with E-state index >= 15 is 0 Å². The molecular formula is C29H33N3O2. The number of aromatic hydroxyl groups is 2. The second-order valence-electron chi connectivity index (χ2n) is 10.9. The Hall–Kier alpha value is -3.60. The summed E-state index contributed by atoms with van der Waals surface area (Å²) in [6, 6.07) is 21.4. The summed E-state index contributed by atoms with van der Waals surface area (Å²) >= 11 is 0. The quantitative estimate of drug-likeness (QED) is 0.305. The standard InChI is InChI=1S/C29H33N3O2/c1-28(2,3)22-16-19(17-23(26(22)33)29(4,5)6)18-32-24-15-11-10-14-21(24)25(27(32)34)31-30-20-12-8-7-9-13-20/h7-17,33-34H,18H2,1-6H3. The van der Waals surface area contributed by atoms with Gasteiger partial charge in [0, 0.05) is 5.39 Å². The van der Waals surface area contributed by atoms with Crippen molar-refractivity contribution in [2.24, 2.45) is 10.2 Å². The molecule has 176 valence electrons. The predicted octanol–water partition coefficient (Wildman–Crippen LogP) is 8.11. The third-order valence-corrected chi connectivity index (χ3v) is 6.07. The van der Waals surface area contributed by atoms with E-state index in [0.29, 0.717) is 18.0 Å². The van der Waals surface area contributed by atoms with Crippen molar-refractivity contribution < 1.29 is 10.2 Å². The lowest BCUT2D eigenvalue weighted by molar-refractivity contribution is 0.420. The normalized spacial score (nSPS) is 12.6. The van der Waals surface area contributed by atoms with Gasteiger partial charge in [-0.2, -0.15) is 5.11 Å². The molecule has 0 amide bonds. The van der Waals surface area contributed by atoms with E-state index in [1.165, 1.54) is 0 Å². The van der Waals surface area contributed by atoms with Crippen LogP contribution in [0.25, 0.3) is 10.9 Å². The van der Waals surface area contributed by atoms with Crippen LogP contribution in [0.2, 0.25) is 0 Å². The van der Waals surface area contributed by atoms with E-state index in [4.69, 9.17) is 0 Å². The van der Waals surface area contributed by atoms with Crippen LogP contribution in [0.1, 0.15) is 58.2 Å². The number of hydrogen-bond donors (Lipinski definition) is 2. The first-order valence-corrected chi connectivity index (χ1v) is 11.6. The number of rotatable bonds is 4. The summed E-state index contributed by atoms with van der Waals surface area (Å²) in [5, 5.41) is 31.9. The molecule has 0 saturated heterocycles. The van der Waals surface area contributed by atoms with Gasteiger partial charge >= 0.3 is 0 Å². The second-order valence-corrected chi connectivity index (χ2v) is 10.9. The number of phenols is 1. The molecule has 0 aliphatic carbocycles. The lowest BCUT2D eigenvalue weighted by Crippen LogP contribution is -2.18. The molecule has 4 rings (SSSR count). The van der Waals surface area contributed by atoms with Crippen molar-refractivity contribution >= 4 is 22.3 Å². The van der Waals surface area contributed by atoms with Gasteiger partial charge in [-0.3, -0.25) is 0 Å². The third kappa shape index (κ3) is 4.56. The van der Waals surface area contributed by atoms with Gasteiger partial charge in [0.05, 0.1) is 17.7 Å². The maximum absolute atomic E-state index is 11.2. The van der Waals surface area contributed by atoms with E-state index in [1.54, 1.807) is 0 Å². The Morgan fingerprint density at radius 2 is 1.29 bits per heavy atom. The second kappa shape index (κ2) is 8.64. The van der Waals surface area contributed by atoms with Crippen molar-refractivity contribution in [3.05, 3.63) is 83.4 Å². The van der Waals surface area contributed by atoms with Crippen molar-refractivity contribution in [2.45, 2.75) is 58.9 Å². The van der Waals surface area contributed by atoms with Crippen molar-refractivity contribution in [1.29, 1.82) is 0 Å². The number of phenolic OH excluding ortho intramolecular Hbond substituents is 1. The van der Waals surface area contributed by atoms with Gasteiger partial charge < -0.3 is 14.8 Å². The van der Waals surface area contributed by atoms with E-state index in [1.807, 2.05) is 71.3 Å². The maximum Gasteiger partial charge on any atom is 0.221 e. The van der Waals surface area contributed by atoms with Gasteiger partial charge in [0.1, 0.15) is 5.75 Å². The number of benzene rings is 3. The molecule has 0 fully saturated rings. The topological polar surface area (TPSA) is 70.1 Å². The first-order valence-electron chi connectivity index (χ1n) is 11.6. The first kappa shape index (κ1) is 23.6. The van der Waals surface area contributed by atoms with Crippen molar-refractivity contribution in [3.8, 4) is 11.6 Å². The Labute approximate surface area is 201 Å². The lowest BCUT2D eigenvalue weighted by Gasteiger charge is -2.28. The summed E-state index contributed by atoms with van der Waals surface area (Å²) in [5.41, 5.74) is 4.41. The van der Waals surface area contributed by atoms with Gasteiger partial charge in [-0.05, 0) is 57.9 Å². The predicted molar refractivity (Wildman–Crippen MR) is 139 cm³/mol. The average Bonchev–Trinajstić information content (AvgIpc) is 3.03. The van der Waals surface area contributed by atoms with Crippen LogP contribution in [-0.2, 0) is 17.4 Å². The Morgan fingerprint density at radius 1 is 0.735 bits per heavy atom. The van der Waals surface area contributed by atoms with E-state index in [0.717, 1.165) is 33.3 Å². The van der Waals surface area contributed by atoms with Crippen LogP contribution >= 0.6 is 0 Å². The Morgan fingerprint density at radius 3 is 1.88 bits per heavy atom. The molecule has 2 N–H and O–H groups in total. The van der Waals surface area contributed by atoms with Gasteiger partial charge in [-0.1, -0.05) is 77.9 Å². The summed E-state index contributed by atoms with van der Waals surface area (Å²) in [6.07, 6.45) is 0. The molecule has 0 aliphatic heterocycles. The minimum absolute atomic E-state index is 0.0728. The summed E-state index contributed by atoms with van der Waals surface area (Å²) in [6.45, 7) is 13.0. The maximum atomic E-state index is 11.2. The molecule has 5 heteroatoms. The van der Waals surface area contributed by atoms with Gasteiger partial charge in [-0.25, -0.2) is 0 Å². The van der Waals surface area contributed by atoms with E-state index in [9.17, 15) is 10.2 Å². The summed E-state index contributed by atoms with van der Waals surface area (Å²) < 4.78 is 1.86. The SMILES string of the molecule is CC(C)(C)c1cc(Cn2c(O)c(N=Nc3ccccc3)c3ccccc32)cc(C(C)(C)C)c1O. The molecule has 0 saturated carbocycles. The molecule has 1 aromatic heterocycles. The molecule has 0 unspecified atom stereocenters. The highest BCUT2D eigenvalue weighted by Gasteiger charge is 2.27. The zero-order valence-corrected chi connectivity index (χ0v) is 20.8. The monoisotopic (exact) mass is 455 g/mol. The fourth-order valence-electron chi connectivity index (χ4n) is 4.24. The Kier molecular flexibility index (Phi) is 5.98. The summed E-state index contributed by atoms with van der Waals surface area (Å²) in [5.74, 6) is 0.422. The molecule has 3 aromatic carbocycles. The fourth-order valence-corrected chi connectivity index (χ4v) is 4.24. The molecule has 0 atom stereocenters. The van der Waals surface area contributed by atoms with Crippen molar-refractivity contribution in [3.63, 3.8) is 0 Å². The highest BCUT2D eigenvalue weighted by molar-refractivity contribution is 5.95. The number of azo groups is 1. The first-order chi connectivity index (χ1) is 16.0. The van der Waals surface area contributed by atoms with Gasteiger partial charge in [-0.15, -0.1) is 5.11 Å². The molecule has 5 nitrogen and oxygen atoms in total. The molecule has 34 heavy (non-hydrogen) atoms. The number of fused-ring (bicyclic) bond motifs is 1. The van der Waals surface area contributed by atoms with E-state index in [2.05, 4.69) is 51.8 Å². The zero-order chi connectivity index (χ0) is 24.7. The Balaban J connectivity index is 1.85. The van der Waals surface area contributed by atoms with Gasteiger partial charge in [0.2, 0.25) is 5.88 Å². The minimum atomic E-state index is -0.226. The number of hydrogen-bond acceptors (Lipinski definition) is 4. The van der Waals surface area contributed by atoms with Crippen LogP contribution < -0.4 is 0 Å². The molecule has 0 bridgehead atoms. The number of nitrogens with zero attached hydrogens (tertiary/aromatic N) is 3. The highest BCUT2D eigenvalue weighted by atomic mass is 16.3. The van der Waals surface area contributed by atoms with Gasteiger partial charge in [0.25, 0.3) is 0 Å². The molecular weight excluding hydrogens is 422 g/mol. The highest BCUT2D eigenvalue weighted by Crippen LogP contribution is 2.42. The molecule has 0 spiro atoms. The third-order valence-electron chi connectivity index (χ3n) is 6.07.